The molecule has 0 bridgehead atoms. The summed E-state index contributed by atoms with van der Waals surface area (Å²) in [5.74, 6) is 2.53. The summed E-state index contributed by atoms with van der Waals surface area (Å²) >= 11 is 0. The van der Waals surface area contributed by atoms with Crippen LogP contribution in [-0.4, -0.2) is 43.8 Å². The number of hydrogen-bond donors (Lipinski definition) is 1. The molecule has 0 amide bonds. The molecule has 4 atom stereocenters. The summed E-state index contributed by atoms with van der Waals surface area (Å²) in [4.78, 5) is 2.67. The average molecular weight is 296 g/mol. The zero-order chi connectivity index (χ0) is 15.2. The van der Waals surface area contributed by atoms with Crippen LogP contribution in [0, 0.1) is 17.8 Å². The third kappa shape index (κ3) is 5.22. The lowest BCUT2D eigenvalue weighted by atomic mass is 9.76. The Kier molecular flexibility index (Phi) is 6.97. The smallest absolute Gasteiger partial charge is 0.0589 e. The number of hydrogen-bond acceptors (Lipinski definition) is 3. The van der Waals surface area contributed by atoms with Crippen molar-refractivity contribution in [3.8, 4) is 0 Å². The third-order valence-electron chi connectivity index (χ3n) is 5.78. The van der Waals surface area contributed by atoms with E-state index in [4.69, 9.17) is 10.5 Å². The second-order valence-electron chi connectivity index (χ2n) is 7.46. The molecule has 0 saturated heterocycles. The maximum atomic E-state index is 6.45. The Morgan fingerprint density at radius 1 is 1.24 bits per heavy atom. The van der Waals surface area contributed by atoms with E-state index in [0.29, 0.717) is 18.0 Å². The predicted molar refractivity (Wildman–Crippen MR) is 89.3 cm³/mol. The van der Waals surface area contributed by atoms with Gasteiger partial charge in [0, 0.05) is 32.3 Å². The number of nitrogens with zero attached hydrogens (tertiary/aromatic N) is 1. The van der Waals surface area contributed by atoms with Gasteiger partial charge in [0.1, 0.15) is 0 Å². The fourth-order valence-corrected chi connectivity index (χ4v) is 4.11. The second kappa shape index (κ2) is 8.50. The van der Waals surface area contributed by atoms with Crippen molar-refractivity contribution in [3.05, 3.63) is 0 Å². The minimum atomic E-state index is 0.412. The van der Waals surface area contributed by atoms with Crippen LogP contribution in [0.15, 0.2) is 0 Å². The molecule has 0 aromatic rings. The van der Waals surface area contributed by atoms with Crippen LogP contribution in [0.4, 0.5) is 0 Å². The van der Waals surface area contributed by atoms with E-state index in [1.807, 2.05) is 7.11 Å². The van der Waals surface area contributed by atoms with E-state index in [9.17, 15) is 0 Å². The first kappa shape index (κ1) is 17.2. The van der Waals surface area contributed by atoms with E-state index >= 15 is 0 Å². The fraction of sp³-hybridized carbons (Fsp3) is 1.00. The van der Waals surface area contributed by atoms with Gasteiger partial charge in [-0.15, -0.1) is 0 Å². The van der Waals surface area contributed by atoms with Crippen LogP contribution in [0.25, 0.3) is 0 Å². The summed E-state index contributed by atoms with van der Waals surface area (Å²) in [6, 6.07) is 1.12. The highest BCUT2D eigenvalue weighted by atomic mass is 16.5. The van der Waals surface area contributed by atoms with Gasteiger partial charge >= 0.3 is 0 Å². The van der Waals surface area contributed by atoms with Gasteiger partial charge in [0.25, 0.3) is 0 Å². The van der Waals surface area contributed by atoms with Crippen molar-refractivity contribution < 1.29 is 4.74 Å². The van der Waals surface area contributed by atoms with Gasteiger partial charge in [0.05, 0.1) is 6.61 Å². The average Bonchev–Trinajstić information content (AvgIpc) is 3.31. The Morgan fingerprint density at radius 2 is 2.00 bits per heavy atom. The van der Waals surface area contributed by atoms with Gasteiger partial charge in [-0.1, -0.05) is 19.8 Å². The van der Waals surface area contributed by atoms with E-state index in [2.05, 4.69) is 18.7 Å². The largest absolute Gasteiger partial charge is 0.383 e. The molecule has 0 radical (unpaired) electrons. The van der Waals surface area contributed by atoms with Crippen molar-refractivity contribution in [2.75, 3.05) is 26.8 Å². The van der Waals surface area contributed by atoms with Crippen LogP contribution in [0.5, 0.6) is 0 Å². The monoisotopic (exact) mass is 296 g/mol. The molecular formula is C18H36N2O. The van der Waals surface area contributed by atoms with Crippen LogP contribution in [0.3, 0.4) is 0 Å². The normalized spacial score (nSPS) is 31.6. The van der Waals surface area contributed by atoms with Crippen LogP contribution in [0.1, 0.15) is 58.8 Å². The van der Waals surface area contributed by atoms with Gasteiger partial charge in [-0.2, -0.15) is 0 Å². The number of rotatable bonds is 9. The molecule has 0 heterocycles. The van der Waals surface area contributed by atoms with Crippen molar-refractivity contribution in [3.63, 3.8) is 0 Å². The Balaban J connectivity index is 1.89. The summed E-state index contributed by atoms with van der Waals surface area (Å²) < 4.78 is 5.33. The minimum absolute atomic E-state index is 0.412. The Bertz CT molecular complexity index is 293. The van der Waals surface area contributed by atoms with Crippen molar-refractivity contribution in [2.45, 2.75) is 70.9 Å². The molecular weight excluding hydrogens is 260 g/mol. The molecule has 2 aliphatic rings. The van der Waals surface area contributed by atoms with E-state index in [0.717, 1.165) is 25.0 Å². The highest BCUT2D eigenvalue weighted by molar-refractivity contribution is 4.89. The molecule has 21 heavy (non-hydrogen) atoms. The molecule has 2 N–H and O–H groups in total. The molecule has 0 aromatic heterocycles. The molecule has 0 aromatic carbocycles. The molecule has 0 aliphatic heterocycles. The van der Waals surface area contributed by atoms with Crippen molar-refractivity contribution in [1.29, 1.82) is 0 Å². The van der Waals surface area contributed by atoms with Gasteiger partial charge in [0.15, 0.2) is 0 Å². The maximum Gasteiger partial charge on any atom is 0.0589 e. The van der Waals surface area contributed by atoms with Crippen molar-refractivity contribution in [1.82, 2.24) is 4.90 Å². The molecule has 2 rings (SSSR count). The zero-order valence-electron chi connectivity index (χ0n) is 14.4. The summed E-state index contributed by atoms with van der Waals surface area (Å²) in [6.45, 7) is 7.81. The quantitative estimate of drug-likeness (QED) is 0.709. The highest BCUT2D eigenvalue weighted by Crippen LogP contribution is 2.37. The SMILES string of the molecule is CCCC1CCC(N)C(CN(CCOC)C(C)C2CC2)C1. The van der Waals surface area contributed by atoms with Gasteiger partial charge in [-0.3, -0.25) is 4.90 Å². The molecule has 2 saturated carbocycles. The van der Waals surface area contributed by atoms with E-state index < -0.39 is 0 Å². The van der Waals surface area contributed by atoms with Crippen LogP contribution in [0.2, 0.25) is 0 Å². The van der Waals surface area contributed by atoms with E-state index in [-0.39, 0.29) is 0 Å². The van der Waals surface area contributed by atoms with Crippen molar-refractivity contribution >= 4 is 0 Å². The summed E-state index contributed by atoms with van der Waals surface area (Å²) in [6.07, 6.45) is 9.46. The Labute approximate surface area is 131 Å². The molecule has 2 aliphatic carbocycles. The first-order valence-corrected chi connectivity index (χ1v) is 9.14. The van der Waals surface area contributed by atoms with Gasteiger partial charge in [-0.25, -0.2) is 0 Å². The fourth-order valence-electron chi connectivity index (χ4n) is 4.11. The molecule has 4 unspecified atom stereocenters. The predicted octanol–water partition coefficient (Wildman–Crippen LogP) is 3.28. The molecule has 3 nitrogen and oxygen atoms in total. The zero-order valence-corrected chi connectivity index (χ0v) is 14.4. The first-order valence-electron chi connectivity index (χ1n) is 9.14. The van der Waals surface area contributed by atoms with Gasteiger partial charge < -0.3 is 10.5 Å². The van der Waals surface area contributed by atoms with Crippen LogP contribution in [-0.2, 0) is 4.74 Å². The van der Waals surface area contributed by atoms with Gasteiger partial charge in [-0.05, 0) is 56.8 Å². The Morgan fingerprint density at radius 3 is 2.62 bits per heavy atom. The number of methoxy groups -OCH3 is 1. The molecule has 3 heteroatoms. The molecule has 124 valence electrons. The summed E-state index contributed by atoms with van der Waals surface area (Å²) in [7, 11) is 1.81. The van der Waals surface area contributed by atoms with Crippen molar-refractivity contribution in [2.24, 2.45) is 23.5 Å². The Hall–Kier alpha value is -0.120. The molecule has 2 fully saturated rings. The number of nitrogens with two attached hydrogens (primary N) is 1. The summed E-state index contributed by atoms with van der Waals surface area (Å²) in [5, 5.41) is 0. The first-order chi connectivity index (χ1) is 10.2. The second-order valence-corrected chi connectivity index (χ2v) is 7.46. The highest BCUT2D eigenvalue weighted by Gasteiger charge is 2.35. The lowest BCUT2D eigenvalue weighted by Gasteiger charge is -2.39. The lowest BCUT2D eigenvalue weighted by molar-refractivity contribution is 0.0822. The van der Waals surface area contributed by atoms with Gasteiger partial charge in [0.2, 0.25) is 0 Å². The number of ether oxygens (including phenoxy) is 1. The van der Waals surface area contributed by atoms with Crippen LogP contribution >= 0.6 is 0 Å². The standard InChI is InChI=1S/C18H36N2O/c1-4-5-15-6-9-18(19)17(12-15)13-20(10-11-21-3)14(2)16-7-8-16/h14-18H,4-13,19H2,1-3H3. The summed E-state index contributed by atoms with van der Waals surface area (Å²) in [5.41, 5.74) is 6.45. The van der Waals surface area contributed by atoms with E-state index in [1.54, 1.807) is 0 Å². The van der Waals surface area contributed by atoms with Crippen LogP contribution < -0.4 is 5.73 Å². The minimum Gasteiger partial charge on any atom is -0.383 e. The molecule has 0 spiro atoms. The third-order valence-corrected chi connectivity index (χ3v) is 5.78. The maximum absolute atomic E-state index is 6.45. The lowest BCUT2D eigenvalue weighted by Crippen LogP contribution is -2.47. The topological polar surface area (TPSA) is 38.5 Å². The van der Waals surface area contributed by atoms with E-state index in [1.165, 1.54) is 51.5 Å².